The lowest BCUT2D eigenvalue weighted by molar-refractivity contribution is -0.165. The first-order valence-corrected chi connectivity index (χ1v) is 10.2. The van der Waals surface area contributed by atoms with Gasteiger partial charge in [0.25, 0.3) is 0 Å². The standard InChI is InChI=1S/C22H31NO6/c1-12(8-17(25)16-6-4-5-7-23-16)9-18-21(27)20(26)15(11-28-18)10-19-22(29-19)13(2)14(3)24/h4-8,13-15,18-22,24,26-27H,9-11H2,1-3H3/b12-8+/t13-,14-,15-,18-,19-,20+,21-,22-/m0/s1. The number of pyridine rings is 1. The highest BCUT2D eigenvalue weighted by molar-refractivity contribution is 6.03. The summed E-state index contributed by atoms with van der Waals surface area (Å²) in [4.78, 5) is 16.3. The van der Waals surface area contributed by atoms with Gasteiger partial charge in [0.2, 0.25) is 5.78 Å². The average Bonchev–Trinajstić information content (AvgIpc) is 3.46. The molecule has 1 aromatic rings. The molecule has 160 valence electrons. The number of ketones is 1. The Hall–Kier alpha value is -1.64. The largest absolute Gasteiger partial charge is 0.393 e. The minimum Gasteiger partial charge on any atom is -0.393 e. The minimum absolute atomic E-state index is 0.0140. The van der Waals surface area contributed by atoms with Crippen molar-refractivity contribution in [2.24, 2.45) is 11.8 Å². The molecule has 0 bridgehead atoms. The number of aliphatic hydroxyl groups is 3. The zero-order valence-corrected chi connectivity index (χ0v) is 17.1. The number of aliphatic hydroxyl groups excluding tert-OH is 3. The van der Waals surface area contributed by atoms with Crippen LogP contribution in [0, 0.1) is 11.8 Å². The molecule has 0 unspecified atom stereocenters. The van der Waals surface area contributed by atoms with Gasteiger partial charge < -0.3 is 24.8 Å². The van der Waals surface area contributed by atoms with E-state index in [1.807, 2.05) is 6.92 Å². The van der Waals surface area contributed by atoms with Gasteiger partial charge in [0, 0.05) is 18.0 Å². The van der Waals surface area contributed by atoms with Crippen LogP contribution in [0.4, 0.5) is 0 Å². The van der Waals surface area contributed by atoms with Crippen LogP contribution in [0.2, 0.25) is 0 Å². The number of aromatic nitrogens is 1. The van der Waals surface area contributed by atoms with Gasteiger partial charge in [-0.1, -0.05) is 18.6 Å². The van der Waals surface area contributed by atoms with Gasteiger partial charge in [-0.05, 0) is 44.9 Å². The molecular formula is C22H31NO6. The SMILES string of the molecule is C/C(=C\C(=O)c1ccccn1)C[C@@H]1OC[C@H](C[C@@H]2O[C@H]2[C@@H](C)[C@H](C)O)[C@@H](O)[C@H]1O. The summed E-state index contributed by atoms with van der Waals surface area (Å²) in [7, 11) is 0. The summed E-state index contributed by atoms with van der Waals surface area (Å²) in [6, 6.07) is 5.15. The molecule has 8 atom stereocenters. The Kier molecular flexibility index (Phi) is 7.19. The van der Waals surface area contributed by atoms with Crippen LogP contribution in [-0.4, -0.2) is 69.3 Å². The number of ether oxygens (including phenoxy) is 2. The quantitative estimate of drug-likeness (QED) is 0.341. The lowest BCUT2D eigenvalue weighted by atomic mass is 9.85. The Balaban J connectivity index is 1.51. The van der Waals surface area contributed by atoms with Crippen molar-refractivity contribution in [1.82, 2.24) is 4.98 Å². The molecule has 0 amide bonds. The van der Waals surface area contributed by atoms with Crippen LogP contribution in [0.1, 0.15) is 44.1 Å². The summed E-state index contributed by atoms with van der Waals surface area (Å²) in [6.45, 7) is 5.80. The molecule has 2 aliphatic heterocycles. The first-order chi connectivity index (χ1) is 13.8. The van der Waals surface area contributed by atoms with Crippen molar-refractivity contribution in [3.8, 4) is 0 Å². The van der Waals surface area contributed by atoms with E-state index in [0.717, 1.165) is 5.57 Å². The molecule has 0 aromatic carbocycles. The van der Waals surface area contributed by atoms with E-state index in [4.69, 9.17) is 9.47 Å². The maximum atomic E-state index is 12.2. The number of nitrogens with zero attached hydrogens (tertiary/aromatic N) is 1. The highest BCUT2D eigenvalue weighted by Gasteiger charge is 2.48. The first-order valence-electron chi connectivity index (χ1n) is 10.2. The third-order valence-electron chi connectivity index (χ3n) is 5.99. The van der Waals surface area contributed by atoms with E-state index in [-0.39, 0.29) is 29.8 Å². The average molecular weight is 405 g/mol. The van der Waals surface area contributed by atoms with Gasteiger partial charge in [-0.3, -0.25) is 9.78 Å². The number of carbonyl (C=O) groups is 1. The van der Waals surface area contributed by atoms with Crippen LogP contribution < -0.4 is 0 Å². The van der Waals surface area contributed by atoms with Crippen molar-refractivity contribution in [1.29, 1.82) is 0 Å². The van der Waals surface area contributed by atoms with Crippen molar-refractivity contribution in [3.63, 3.8) is 0 Å². The van der Waals surface area contributed by atoms with Crippen molar-refractivity contribution in [2.45, 2.75) is 70.2 Å². The van der Waals surface area contributed by atoms with Crippen molar-refractivity contribution < 1.29 is 29.6 Å². The van der Waals surface area contributed by atoms with Crippen LogP contribution in [0.25, 0.3) is 0 Å². The molecule has 2 fully saturated rings. The van der Waals surface area contributed by atoms with Crippen LogP contribution in [0.5, 0.6) is 0 Å². The van der Waals surface area contributed by atoms with E-state index < -0.39 is 24.4 Å². The van der Waals surface area contributed by atoms with E-state index in [0.29, 0.717) is 25.1 Å². The lowest BCUT2D eigenvalue weighted by Gasteiger charge is -2.38. The molecule has 2 saturated heterocycles. The Bertz CT molecular complexity index is 721. The van der Waals surface area contributed by atoms with Gasteiger partial charge >= 0.3 is 0 Å². The van der Waals surface area contributed by atoms with Gasteiger partial charge in [0.15, 0.2) is 0 Å². The number of hydrogen-bond donors (Lipinski definition) is 3. The van der Waals surface area contributed by atoms with Crippen molar-refractivity contribution >= 4 is 5.78 Å². The molecule has 29 heavy (non-hydrogen) atoms. The van der Waals surface area contributed by atoms with Gasteiger partial charge in [0.05, 0.1) is 37.1 Å². The van der Waals surface area contributed by atoms with E-state index in [9.17, 15) is 20.1 Å². The van der Waals surface area contributed by atoms with E-state index in [2.05, 4.69) is 4.98 Å². The van der Waals surface area contributed by atoms with Crippen LogP contribution >= 0.6 is 0 Å². The second-order valence-corrected chi connectivity index (χ2v) is 8.36. The third kappa shape index (κ3) is 5.49. The molecular weight excluding hydrogens is 374 g/mol. The summed E-state index contributed by atoms with van der Waals surface area (Å²) < 4.78 is 11.5. The second-order valence-electron chi connectivity index (χ2n) is 8.36. The molecule has 7 nitrogen and oxygen atoms in total. The topological polar surface area (TPSA) is 112 Å². The Morgan fingerprint density at radius 1 is 1.28 bits per heavy atom. The number of rotatable bonds is 8. The van der Waals surface area contributed by atoms with Gasteiger partial charge in [0.1, 0.15) is 11.8 Å². The number of epoxide rings is 1. The zero-order valence-electron chi connectivity index (χ0n) is 17.1. The smallest absolute Gasteiger partial charge is 0.204 e. The molecule has 1 aromatic heterocycles. The highest BCUT2D eigenvalue weighted by Crippen LogP contribution is 2.38. The monoisotopic (exact) mass is 405 g/mol. The fraction of sp³-hybridized carbons (Fsp3) is 0.636. The van der Waals surface area contributed by atoms with E-state index in [1.165, 1.54) is 6.08 Å². The first kappa shape index (κ1) is 22.1. The summed E-state index contributed by atoms with van der Waals surface area (Å²) in [5, 5.41) is 30.8. The van der Waals surface area contributed by atoms with Crippen LogP contribution in [0.3, 0.4) is 0 Å². The molecule has 0 aliphatic carbocycles. The highest BCUT2D eigenvalue weighted by atomic mass is 16.6. The van der Waals surface area contributed by atoms with E-state index in [1.54, 1.807) is 38.2 Å². The van der Waals surface area contributed by atoms with Gasteiger partial charge in [-0.2, -0.15) is 0 Å². The maximum absolute atomic E-state index is 12.2. The lowest BCUT2D eigenvalue weighted by Crippen LogP contribution is -2.50. The Morgan fingerprint density at radius 2 is 2.03 bits per heavy atom. The maximum Gasteiger partial charge on any atom is 0.204 e. The molecule has 0 saturated carbocycles. The predicted octanol–water partition coefficient (Wildman–Crippen LogP) is 1.51. The normalized spacial score (nSPS) is 34.5. The minimum atomic E-state index is -1.03. The zero-order chi connectivity index (χ0) is 21.1. The second kappa shape index (κ2) is 9.45. The molecule has 3 rings (SSSR count). The van der Waals surface area contributed by atoms with E-state index >= 15 is 0 Å². The van der Waals surface area contributed by atoms with Crippen molar-refractivity contribution in [3.05, 3.63) is 41.7 Å². The summed E-state index contributed by atoms with van der Waals surface area (Å²) >= 11 is 0. The van der Waals surface area contributed by atoms with Crippen LogP contribution in [-0.2, 0) is 9.47 Å². The molecule has 0 radical (unpaired) electrons. The summed E-state index contributed by atoms with van der Waals surface area (Å²) in [6.07, 6.45) is 0.994. The number of carbonyl (C=O) groups excluding carboxylic acids is 1. The van der Waals surface area contributed by atoms with Crippen molar-refractivity contribution in [2.75, 3.05) is 6.61 Å². The molecule has 0 spiro atoms. The molecule has 2 aliphatic rings. The summed E-state index contributed by atoms with van der Waals surface area (Å²) in [5.41, 5.74) is 1.12. The Morgan fingerprint density at radius 3 is 2.69 bits per heavy atom. The van der Waals surface area contributed by atoms with Gasteiger partial charge in [-0.25, -0.2) is 0 Å². The molecule has 3 heterocycles. The predicted molar refractivity (Wildman–Crippen MR) is 106 cm³/mol. The number of allylic oxidation sites excluding steroid dienone is 1. The fourth-order valence-electron chi connectivity index (χ4n) is 3.89. The van der Waals surface area contributed by atoms with Crippen LogP contribution in [0.15, 0.2) is 36.0 Å². The molecule has 3 N–H and O–H groups in total. The third-order valence-corrected chi connectivity index (χ3v) is 5.99. The van der Waals surface area contributed by atoms with Gasteiger partial charge in [-0.15, -0.1) is 0 Å². The fourth-order valence-corrected chi connectivity index (χ4v) is 3.89. The number of hydrogen-bond acceptors (Lipinski definition) is 7. The molecule has 7 heteroatoms. The summed E-state index contributed by atoms with van der Waals surface area (Å²) in [5.74, 6) is -0.392. The Labute approximate surface area is 171 Å².